The molecule has 2 nitrogen and oxygen atoms in total. The summed E-state index contributed by atoms with van der Waals surface area (Å²) in [7, 11) is 0. The van der Waals surface area contributed by atoms with Gasteiger partial charge in [-0.2, -0.15) is 0 Å². The van der Waals surface area contributed by atoms with Crippen molar-refractivity contribution in [1.82, 2.24) is 10.3 Å². The van der Waals surface area contributed by atoms with Gasteiger partial charge in [0.05, 0.1) is 5.01 Å². The maximum atomic E-state index is 4.60. The monoisotopic (exact) mass is 254 g/mol. The first-order valence-corrected chi connectivity index (χ1v) is 7.47. The summed E-state index contributed by atoms with van der Waals surface area (Å²) >= 11 is 1.79. The lowest BCUT2D eigenvalue weighted by atomic mass is 9.76. The van der Waals surface area contributed by atoms with Gasteiger partial charge in [0.2, 0.25) is 0 Å². The largest absolute Gasteiger partial charge is 0.316 e. The maximum Gasteiger partial charge on any atom is 0.0934 e. The molecule has 1 N–H and O–H groups in total. The molecular weight excluding hydrogens is 228 g/mol. The van der Waals surface area contributed by atoms with Crippen LogP contribution in [0.5, 0.6) is 0 Å². The van der Waals surface area contributed by atoms with Gasteiger partial charge >= 0.3 is 0 Å². The second-order valence-corrected chi connectivity index (χ2v) is 6.49. The van der Waals surface area contributed by atoms with Gasteiger partial charge in [0.1, 0.15) is 0 Å². The van der Waals surface area contributed by atoms with Gasteiger partial charge in [-0.25, -0.2) is 4.98 Å². The van der Waals surface area contributed by atoms with E-state index in [0.29, 0.717) is 11.3 Å². The second kappa shape index (κ2) is 6.50. The van der Waals surface area contributed by atoms with Crippen molar-refractivity contribution in [3.05, 3.63) is 16.1 Å². The highest BCUT2D eigenvalue weighted by Crippen LogP contribution is 2.31. The minimum atomic E-state index is 0.305. The summed E-state index contributed by atoms with van der Waals surface area (Å²) in [6, 6.07) is 0. The normalized spacial score (nSPS) is 15.2. The molecule has 0 aliphatic rings. The summed E-state index contributed by atoms with van der Waals surface area (Å²) in [4.78, 5) is 4.60. The van der Waals surface area contributed by atoms with E-state index in [1.165, 1.54) is 11.4 Å². The Hall–Kier alpha value is -0.410. The van der Waals surface area contributed by atoms with Crippen LogP contribution < -0.4 is 5.32 Å². The SMILES string of the molecule is CCCNCC(C)(Cc1nc(C)cs1)C(C)C. The van der Waals surface area contributed by atoms with Gasteiger partial charge in [-0.15, -0.1) is 11.3 Å². The van der Waals surface area contributed by atoms with Gasteiger partial charge < -0.3 is 5.32 Å². The fraction of sp³-hybridized carbons (Fsp3) is 0.786. The Kier molecular flexibility index (Phi) is 5.60. The van der Waals surface area contributed by atoms with Gasteiger partial charge in [0.25, 0.3) is 0 Å². The summed E-state index contributed by atoms with van der Waals surface area (Å²) in [5.41, 5.74) is 1.46. The fourth-order valence-corrected chi connectivity index (χ4v) is 2.82. The van der Waals surface area contributed by atoms with Gasteiger partial charge in [0, 0.05) is 24.0 Å². The van der Waals surface area contributed by atoms with Crippen molar-refractivity contribution in [2.24, 2.45) is 11.3 Å². The van der Waals surface area contributed by atoms with Crippen molar-refractivity contribution in [2.45, 2.75) is 47.5 Å². The van der Waals surface area contributed by atoms with Crippen LogP contribution in [0.1, 0.15) is 44.8 Å². The van der Waals surface area contributed by atoms with E-state index >= 15 is 0 Å². The summed E-state index contributed by atoms with van der Waals surface area (Å²) in [5, 5.41) is 6.98. The molecule has 1 unspecified atom stereocenters. The number of nitrogens with one attached hydrogen (secondary N) is 1. The Morgan fingerprint density at radius 2 is 2.18 bits per heavy atom. The number of aryl methyl sites for hydroxylation is 1. The maximum absolute atomic E-state index is 4.60. The van der Waals surface area contributed by atoms with Crippen LogP contribution in [0.25, 0.3) is 0 Å². The first kappa shape index (κ1) is 14.7. The van der Waals surface area contributed by atoms with Gasteiger partial charge in [-0.3, -0.25) is 0 Å². The molecule has 0 radical (unpaired) electrons. The molecule has 1 aromatic rings. The Labute approximate surface area is 110 Å². The molecule has 0 amide bonds. The van der Waals surface area contributed by atoms with Gasteiger partial charge in [-0.05, 0) is 31.2 Å². The van der Waals surface area contributed by atoms with E-state index in [1.807, 2.05) is 0 Å². The van der Waals surface area contributed by atoms with Crippen molar-refractivity contribution in [3.8, 4) is 0 Å². The summed E-state index contributed by atoms with van der Waals surface area (Å²) in [5.74, 6) is 0.663. The third-order valence-corrected chi connectivity index (χ3v) is 4.54. The molecule has 17 heavy (non-hydrogen) atoms. The molecule has 0 aromatic carbocycles. The number of hydrogen-bond donors (Lipinski definition) is 1. The lowest BCUT2D eigenvalue weighted by molar-refractivity contribution is 0.207. The number of thiazole rings is 1. The average Bonchev–Trinajstić information content (AvgIpc) is 2.64. The number of nitrogens with zero attached hydrogens (tertiary/aromatic N) is 1. The minimum Gasteiger partial charge on any atom is -0.316 e. The molecule has 1 heterocycles. The molecule has 0 saturated heterocycles. The predicted octanol–water partition coefficient (Wildman–Crippen LogP) is 3.66. The standard InChI is InChI=1S/C14H26N2S/c1-6-7-15-10-14(5,11(2)3)8-13-16-12(4)9-17-13/h9,11,15H,6-8,10H2,1-5H3. The fourth-order valence-electron chi connectivity index (χ4n) is 1.85. The molecule has 0 saturated carbocycles. The Balaban J connectivity index is 2.64. The number of hydrogen-bond acceptors (Lipinski definition) is 3. The third kappa shape index (κ3) is 4.40. The van der Waals surface area contributed by atoms with Crippen molar-refractivity contribution in [2.75, 3.05) is 13.1 Å². The Morgan fingerprint density at radius 3 is 2.65 bits per heavy atom. The van der Waals surface area contributed by atoms with Crippen LogP contribution in [0.4, 0.5) is 0 Å². The molecule has 98 valence electrons. The Bertz CT molecular complexity index is 333. The molecule has 0 aliphatic heterocycles. The van der Waals surface area contributed by atoms with Crippen molar-refractivity contribution in [3.63, 3.8) is 0 Å². The van der Waals surface area contributed by atoms with Crippen molar-refractivity contribution < 1.29 is 0 Å². The van der Waals surface area contributed by atoms with Gasteiger partial charge in [0.15, 0.2) is 0 Å². The Morgan fingerprint density at radius 1 is 1.47 bits per heavy atom. The molecule has 0 fully saturated rings. The number of aromatic nitrogens is 1. The van der Waals surface area contributed by atoms with Crippen molar-refractivity contribution in [1.29, 1.82) is 0 Å². The molecule has 0 bridgehead atoms. The van der Waals surface area contributed by atoms with E-state index in [0.717, 1.165) is 25.2 Å². The van der Waals surface area contributed by atoms with E-state index in [1.54, 1.807) is 11.3 Å². The lowest BCUT2D eigenvalue weighted by Crippen LogP contribution is -2.38. The highest BCUT2D eigenvalue weighted by atomic mass is 32.1. The van der Waals surface area contributed by atoms with E-state index in [2.05, 4.69) is 50.3 Å². The van der Waals surface area contributed by atoms with E-state index in [9.17, 15) is 0 Å². The van der Waals surface area contributed by atoms with E-state index < -0.39 is 0 Å². The van der Waals surface area contributed by atoms with Crippen LogP contribution >= 0.6 is 11.3 Å². The zero-order valence-corrected chi connectivity index (χ0v) is 12.7. The molecule has 0 aliphatic carbocycles. The molecule has 3 heteroatoms. The van der Waals surface area contributed by atoms with E-state index in [-0.39, 0.29) is 0 Å². The van der Waals surface area contributed by atoms with Crippen LogP contribution in [0.3, 0.4) is 0 Å². The molecule has 0 spiro atoms. The first-order chi connectivity index (χ1) is 7.98. The molecule has 1 aromatic heterocycles. The average molecular weight is 254 g/mol. The van der Waals surface area contributed by atoms with Crippen LogP contribution in [0.15, 0.2) is 5.38 Å². The van der Waals surface area contributed by atoms with Crippen LogP contribution in [0.2, 0.25) is 0 Å². The summed E-state index contributed by atoms with van der Waals surface area (Å²) in [6.45, 7) is 13.5. The molecular formula is C14H26N2S. The highest BCUT2D eigenvalue weighted by Gasteiger charge is 2.29. The first-order valence-electron chi connectivity index (χ1n) is 6.59. The van der Waals surface area contributed by atoms with E-state index in [4.69, 9.17) is 0 Å². The topological polar surface area (TPSA) is 24.9 Å². The summed E-state index contributed by atoms with van der Waals surface area (Å²) in [6.07, 6.45) is 2.28. The van der Waals surface area contributed by atoms with Crippen LogP contribution in [0, 0.1) is 18.3 Å². The summed E-state index contributed by atoms with van der Waals surface area (Å²) < 4.78 is 0. The lowest BCUT2D eigenvalue weighted by Gasteiger charge is -2.33. The van der Waals surface area contributed by atoms with Crippen LogP contribution in [-0.4, -0.2) is 18.1 Å². The van der Waals surface area contributed by atoms with Crippen LogP contribution in [-0.2, 0) is 6.42 Å². The molecule has 1 rings (SSSR count). The highest BCUT2D eigenvalue weighted by molar-refractivity contribution is 7.09. The smallest absolute Gasteiger partial charge is 0.0934 e. The van der Waals surface area contributed by atoms with Gasteiger partial charge in [-0.1, -0.05) is 27.7 Å². The molecule has 1 atom stereocenters. The third-order valence-electron chi connectivity index (χ3n) is 3.57. The number of rotatable bonds is 7. The quantitative estimate of drug-likeness (QED) is 0.751. The zero-order chi connectivity index (χ0) is 12.9. The second-order valence-electron chi connectivity index (χ2n) is 5.54. The van der Waals surface area contributed by atoms with Crippen molar-refractivity contribution >= 4 is 11.3 Å². The minimum absolute atomic E-state index is 0.305. The zero-order valence-electron chi connectivity index (χ0n) is 11.8. The predicted molar refractivity (Wildman–Crippen MR) is 76.7 cm³/mol.